The van der Waals surface area contributed by atoms with Gasteiger partial charge in [0.1, 0.15) is 24.8 Å². The van der Waals surface area contributed by atoms with Crippen molar-refractivity contribution >= 4 is 23.1 Å². The molecule has 1 aromatic heterocycles. The molecule has 6 nitrogen and oxygen atoms in total. The van der Waals surface area contributed by atoms with Gasteiger partial charge in [-0.05, 0) is 36.4 Å². The van der Waals surface area contributed by atoms with Crippen molar-refractivity contribution < 1.29 is 13.9 Å². The van der Waals surface area contributed by atoms with E-state index < -0.39 is 6.67 Å². The summed E-state index contributed by atoms with van der Waals surface area (Å²) in [4.78, 5) is 15.0. The molecule has 0 unspecified atom stereocenters. The lowest BCUT2D eigenvalue weighted by molar-refractivity contribution is 0.0985. The van der Waals surface area contributed by atoms with Gasteiger partial charge in [-0.1, -0.05) is 12.1 Å². The van der Waals surface area contributed by atoms with E-state index in [-0.39, 0.29) is 12.5 Å². The number of amides is 1. The number of anilines is 3. The summed E-state index contributed by atoms with van der Waals surface area (Å²) < 4.78 is 19.2. The van der Waals surface area contributed by atoms with Crippen molar-refractivity contribution in [2.45, 2.75) is 6.54 Å². The number of hydrogen-bond donors (Lipinski definition) is 1. The van der Waals surface area contributed by atoms with E-state index in [2.05, 4.69) is 10.4 Å². The van der Waals surface area contributed by atoms with E-state index in [0.29, 0.717) is 17.9 Å². The van der Waals surface area contributed by atoms with Crippen LogP contribution >= 0.6 is 0 Å². The third-order valence-electron chi connectivity index (χ3n) is 4.48. The minimum absolute atomic E-state index is 0.00223. The molecule has 1 N–H and O–H groups in total. The van der Waals surface area contributed by atoms with Gasteiger partial charge < -0.3 is 15.0 Å². The van der Waals surface area contributed by atoms with Crippen LogP contribution in [-0.2, 0) is 13.6 Å². The van der Waals surface area contributed by atoms with E-state index in [1.54, 1.807) is 40.0 Å². The average Bonchev–Trinajstić information content (AvgIpc) is 2.95. The number of alkyl halides is 1. The molecule has 1 aliphatic heterocycles. The minimum Gasteiger partial charge on any atom is -0.491 e. The van der Waals surface area contributed by atoms with Gasteiger partial charge >= 0.3 is 0 Å². The highest BCUT2D eigenvalue weighted by Gasteiger charge is 2.26. The Balaban J connectivity index is 1.68. The summed E-state index contributed by atoms with van der Waals surface area (Å²) in [7, 11) is 1.86. The predicted octanol–water partition coefficient (Wildman–Crippen LogP) is 3.67. The number of carbonyl (C=O) groups excluding carboxylic acids is 1. The Morgan fingerprint density at radius 2 is 2.00 bits per heavy atom. The summed E-state index contributed by atoms with van der Waals surface area (Å²) in [6.45, 7) is -0.139. The van der Waals surface area contributed by atoms with Gasteiger partial charge in [0, 0.05) is 18.2 Å². The van der Waals surface area contributed by atoms with E-state index in [0.717, 1.165) is 22.8 Å². The van der Waals surface area contributed by atoms with Crippen LogP contribution in [0.4, 0.5) is 21.6 Å². The number of rotatable bonds is 4. The summed E-state index contributed by atoms with van der Waals surface area (Å²) in [5, 5.41) is 7.66. The molecule has 0 saturated heterocycles. The van der Waals surface area contributed by atoms with Crippen LogP contribution in [0.3, 0.4) is 0 Å². The summed E-state index contributed by atoms with van der Waals surface area (Å²) in [6, 6.07) is 14.4. The molecular weight excluding hydrogens is 347 g/mol. The Bertz CT molecular complexity index is 968. The van der Waals surface area contributed by atoms with Gasteiger partial charge in [0.15, 0.2) is 0 Å². The first-order valence-electron chi connectivity index (χ1n) is 8.65. The van der Waals surface area contributed by atoms with Gasteiger partial charge in [-0.25, -0.2) is 4.39 Å². The van der Waals surface area contributed by atoms with Crippen LogP contribution < -0.4 is 15.0 Å². The highest BCUT2D eigenvalue weighted by molar-refractivity contribution is 6.08. The number of benzene rings is 2. The normalized spacial score (nSPS) is 12.6. The molecule has 27 heavy (non-hydrogen) atoms. The van der Waals surface area contributed by atoms with Gasteiger partial charge in [0.25, 0.3) is 5.91 Å². The second kappa shape index (κ2) is 7.11. The Morgan fingerprint density at radius 3 is 2.78 bits per heavy atom. The molecule has 0 radical (unpaired) electrons. The van der Waals surface area contributed by atoms with Crippen LogP contribution in [0.25, 0.3) is 0 Å². The van der Waals surface area contributed by atoms with E-state index in [9.17, 15) is 9.18 Å². The summed E-state index contributed by atoms with van der Waals surface area (Å²) in [6.07, 6.45) is 1.77. The molecule has 0 spiro atoms. The number of para-hydroxylation sites is 2. The van der Waals surface area contributed by atoms with E-state index >= 15 is 0 Å². The SMILES string of the molecule is Cn1ncc2c1Nc1ccccc1N(C(=O)c1ccc(OCCF)cc1)C2. The van der Waals surface area contributed by atoms with Crippen LogP contribution in [0, 0.1) is 0 Å². The lowest BCUT2D eigenvalue weighted by Crippen LogP contribution is -2.29. The smallest absolute Gasteiger partial charge is 0.258 e. The Hall–Kier alpha value is -3.35. The molecule has 7 heteroatoms. The maximum atomic E-state index is 13.2. The maximum absolute atomic E-state index is 13.2. The molecule has 2 heterocycles. The standard InChI is InChI=1S/C20H19FN4O2/c1-24-19-15(12-22-24)13-25(18-5-3-2-4-17(18)23-19)20(26)14-6-8-16(9-7-14)27-11-10-21/h2-9,12,23H,10-11,13H2,1H3. The summed E-state index contributed by atoms with van der Waals surface area (Å²) >= 11 is 0. The van der Waals surface area contributed by atoms with Crippen molar-refractivity contribution in [1.82, 2.24) is 9.78 Å². The molecule has 0 fully saturated rings. The quantitative estimate of drug-likeness (QED) is 0.765. The second-order valence-corrected chi connectivity index (χ2v) is 6.24. The number of carbonyl (C=O) groups is 1. The first kappa shape index (κ1) is 17.1. The molecule has 0 saturated carbocycles. The molecular formula is C20H19FN4O2. The topological polar surface area (TPSA) is 59.4 Å². The highest BCUT2D eigenvalue weighted by atomic mass is 19.1. The van der Waals surface area contributed by atoms with Gasteiger partial charge in [-0.3, -0.25) is 9.48 Å². The van der Waals surface area contributed by atoms with Gasteiger partial charge in [-0.15, -0.1) is 0 Å². The fourth-order valence-corrected chi connectivity index (χ4v) is 3.14. The number of fused-ring (bicyclic) bond motifs is 2. The Kier molecular flexibility index (Phi) is 4.50. The highest BCUT2D eigenvalue weighted by Crippen LogP contribution is 2.36. The van der Waals surface area contributed by atoms with Gasteiger partial charge in [0.05, 0.1) is 24.1 Å². The molecule has 138 valence electrons. The van der Waals surface area contributed by atoms with Crippen LogP contribution in [0.2, 0.25) is 0 Å². The lowest BCUT2D eigenvalue weighted by atomic mass is 10.1. The number of ether oxygens (including phenoxy) is 1. The molecule has 0 bridgehead atoms. The molecule has 3 aromatic rings. The molecule has 0 atom stereocenters. The number of aromatic nitrogens is 2. The maximum Gasteiger partial charge on any atom is 0.258 e. The minimum atomic E-state index is -0.550. The number of halogens is 1. The fourth-order valence-electron chi connectivity index (χ4n) is 3.14. The van der Waals surface area contributed by atoms with Crippen LogP contribution in [0.1, 0.15) is 15.9 Å². The third kappa shape index (κ3) is 3.23. The van der Waals surface area contributed by atoms with Crippen LogP contribution in [0.15, 0.2) is 54.7 Å². The number of hydrogen-bond acceptors (Lipinski definition) is 4. The van der Waals surface area contributed by atoms with Crippen molar-refractivity contribution in [2.75, 3.05) is 23.5 Å². The van der Waals surface area contributed by atoms with Crippen molar-refractivity contribution in [3.05, 3.63) is 65.9 Å². The zero-order valence-electron chi connectivity index (χ0n) is 14.9. The van der Waals surface area contributed by atoms with Crippen molar-refractivity contribution in [1.29, 1.82) is 0 Å². The fraction of sp³-hybridized carbons (Fsp3) is 0.200. The molecule has 2 aromatic carbocycles. The van der Waals surface area contributed by atoms with E-state index in [1.807, 2.05) is 31.3 Å². The Labute approximate surface area is 156 Å². The molecule has 4 rings (SSSR count). The van der Waals surface area contributed by atoms with Crippen molar-refractivity contribution in [3.8, 4) is 5.75 Å². The van der Waals surface area contributed by atoms with Crippen molar-refractivity contribution in [2.24, 2.45) is 7.05 Å². The largest absolute Gasteiger partial charge is 0.491 e. The third-order valence-corrected chi connectivity index (χ3v) is 4.48. The number of nitrogens with one attached hydrogen (secondary N) is 1. The Morgan fingerprint density at radius 1 is 1.22 bits per heavy atom. The van der Waals surface area contributed by atoms with Gasteiger partial charge in [0.2, 0.25) is 0 Å². The first-order chi connectivity index (χ1) is 13.2. The molecule has 0 aliphatic carbocycles. The monoisotopic (exact) mass is 366 g/mol. The van der Waals surface area contributed by atoms with Gasteiger partial charge in [-0.2, -0.15) is 5.10 Å². The zero-order valence-corrected chi connectivity index (χ0v) is 14.9. The summed E-state index contributed by atoms with van der Waals surface area (Å²) in [5.41, 5.74) is 3.11. The first-order valence-corrected chi connectivity index (χ1v) is 8.65. The van der Waals surface area contributed by atoms with Crippen molar-refractivity contribution in [3.63, 3.8) is 0 Å². The second-order valence-electron chi connectivity index (χ2n) is 6.24. The van der Waals surface area contributed by atoms with E-state index in [4.69, 9.17) is 4.74 Å². The predicted molar refractivity (Wildman–Crippen MR) is 101 cm³/mol. The summed E-state index contributed by atoms with van der Waals surface area (Å²) in [5.74, 6) is 1.28. The number of aryl methyl sites for hydroxylation is 1. The average molecular weight is 366 g/mol. The molecule has 1 amide bonds. The van der Waals surface area contributed by atoms with Crippen LogP contribution in [-0.4, -0.2) is 29.0 Å². The number of nitrogens with zero attached hydrogens (tertiary/aromatic N) is 3. The molecule has 1 aliphatic rings. The lowest BCUT2D eigenvalue weighted by Gasteiger charge is -2.22. The zero-order chi connectivity index (χ0) is 18.8. The van der Waals surface area contributed by atoms with Crippen LogP contribution in [0.5, 0.6) is 5.75 Å². The van der Waals surface area contributed by atoms with E-state index in [1.165, 1.54) is 0 Å².